The highest BCUT2D eigenvalue weighted by Crippen LogP contribution is 2.31. The number of benzene rings is 2. The van der Waals surface area contributed by atoms with Crippen molar-refractivity contribution in [2.45, 2.75) is 31.8 Å². The van der Waals surface area contributed by atoms with E-state index < -0.39 is 27.7 Å². The van der Waals surface area contributed by atoms with Crippen molar-refractivity contribution in [3.05, 3.63) is 53.6 Å². The van der Waals surface area contributed by atoms with E-state index in [1.165, 1.54) is 28.6 Å². The number of carbonyl (C=O) groups excluding carboxylic acids is 1. The maximum atomic E-state index is 13.0. The number of hydrogen-bond donors (Lipinski definition) is 1. The van der Waals surface area contributed by atoms with Crippen molar-refractivity contribution in [3.8, 4) is 5.75 Å². The van der Waals surface area contributed by atoms with Gasteiger partial charge in [-0.2, -0.15) is 17.5 Å². The SMILES string of the molecule is CCOc1ccc(NC(=O)c2cccc(C(F)(F)F)c2)cc1S(=O)(=O)N(CC)CC. The number of sulfonamides is 1. The van der Waals surface area contributed by atoms with Gasteiger partial charge in [0.25, 0.3) is 5.91 Å². The molecule has 2 rings (SSSR count). The van der Waals surface area contributed by atoms with Gasteiger partial charge in [-0.15, -0.1) is 0 Å². The number of rotatable bonds is 8. The van der Waals surface area contributed by atoms with Gasteiger partial charge in [0.05, 0.1) is 12.2 Å². The number of amides is 1. The molecule has 0 aromatic heterocycles. The van der Waals surface area contributed by atoms with Crippen LogP contribution in [0.15, 0.2) is 47.4 Å². The summed E-state index contributed by atoms with van der Waals surface area (Å²) in [4.78, 5) is 12.3. The number of anilines is 1. The summed E-state index contributed by atoms with van der Waals surface area (Å²) in [6.45, 7) is 5.81. The molecular formula is C20H23F3N2O4S. The van der Waals surface area contributed by atoms with Gasteiger partial charge in [0.15, 0.2) is 0 Å². The maximum Gasteiger partial charge on any atom is 0.416 e. The monoisotopic (exact) mass is 444 g/mol. The fourth-order valence-electron chi connectivity index (χ4n) is 2.80. The Morgan fingerprint density at radius 1 is 1.07 bits per heavy atom. The average Bonchev–Trinajstić information content (AvgIpc) is 2.69. The molecule has 0 fully saturated rings. The summed E-state index contributed by atoms with van der Waals surface area (Å²) >= 11 is 0. The molecule has 2 aromatic rings. The molecule has 0 saturated carbocycles. The van der Waals surface area contributed by atoms with Crippen LogP contribution in [0.5, 0.6) is 5.75 Å². The lowest BCUT2D eigenvalue weighted by Gasteiger charge is -2.21. The van der Waals surface area contributed by atoms with Gasteiger partial charge in [-0.25, -0.2) is 8.42 Å². The van der Waals surface area contributed by atoms with Crippen molar-refractivity contribution >= 4 is 21.6 Å². The van der Waals surface area contributed by atoms with Gasteiger partial charge in [0.2, 0.25) is 10.0 Å². The molecule has 0 atom stereocenters. The van der Waals surface area contributed by atoms with Crippen molar-refractivity contribution < 1.29 is 31.1 Å². The molecule has 0 radical (unpaired) electrons. The zero-order chi connectivity index (χ0) is 22.5. The zero-order valence-corrected chi connectivity index (χ0v) is 17.6. The number of nitrogens with zero attached hydrogens (tertiary/aromatic N) is 1. The topological polar surface area (TPSA) is 75.7 Å². The zero-order valence-electron chi connectivity index (χ0n) is 16.8. The third-order valence-corrected chi connectivity index (χ3v) is 6.35. The summed E-state index contributed by atoms with van der Waals surface area (Å²) in [5.74, 6) is -0.669. The van der Waals surface area contributed by atoms with Crippen LogP contribution in [0.4, 0.5) is 18.9 Å². The first kappa shape index (κ1) is 23.7. The predicted octanol–water partition coefficient (Wildman–Crippen LogP) is 4.39. The first-order chi connectivity index (χ1) is 14.0. The summed E-state index contributed by atoms with van der Waals surface area (Å²) < 4.78 is 71.2. The molecule has 1 N–H and O–H groups in total. The van der Waals surface area contributed by atoms with Crippen molar-refractivity contribution in [3.63, 3.8) is 0 Å². The number of carbonyl (C=O) groups is 1. The highest BCUT2D eigenvalue weighted by Gasteiger charge is 2.31. The van der Waals surface area contributed by atoms with Crippen molar-refractivity contribution in [2.75, 3.05) is 25.0 Å². The van der Waals surface area contributed by atoms with Gasteiger partial charge in [0.1, 0.15) is 10.6 Å². The summed E-state index contributed by atoms with van der Waals surface area (Å²) in [5.41, 5.74) is -1.04. The Balaban J connectivity index is 2.41. The van der Waals surface area contributed by atoms with E-state index in [2.05, 4.69) is 5.32 Å². The van der Waals surface area contributed by atoms with Gasteiger partial charge in [-0.05, 0) is 43.3 Å². The Kier molecular flexibility index (Phi) is 7.49. The molecule has 1 amide bonds. The average molecular weight is 444 g/mol. The van der Waals surface area contributed by atoms with E-state index in [-0.39, 0.29) is 41.6 Å². The lowest BCUT2D eigenvalue weighted by atomic mass is 10.1. The fraction of sp³-hybridized carbons (Fsp3) is 0.350. The van der Waals surface area contributed by atoms with E-state index in [1.54, 1.807) is 20.8 Å². The molecule has 0 heterocycles. The van der Waals surface area contributed by atoms with Crippen LogP contribution in [0.25, 0.3) is 0 Å². The van der Waals surface area contributed by atoms with Crippen molar-refractivity contribution in [1.82, 2.24) is 4.31 Å². The Labute approximate surface area is 173 Å². The van der Waals surface area contributed by atoms with E-state index in [0.717, 1.165) is 18.2 Å². The fourth-order valence-corrected chi connectivity index (χ4v) is 4.42. The van der Waals surface area contributed by atoms with Crippen LogP contribution in [-0.2, 0) is 16.2 Å². The Morgan fingerprint density at radius 2 is 1.73 bits per heavy atom. The molecule has 6 nitrogen and oxygen atoms in total. The lowest BCUT2D eigenvalue weighted by Crippen LogP contribution is -2.31. The number of hydrogen-bond acceptors (Lipinski definition) is 4. The largest absolute Gasteiger partial charge is 0.492 e. The van der Waals surface area contributed by atoms with Crippen LogP contribution in [-0.4, -0.2) is 38.3 Å². The van der Waals surface area contributed by atoms with E-state index >= 15 is 0 Å². The Hall–Kier alpha value is -2.59. The highest BCUT2D eigenvalue weighted by molar-refractivity contribution is 7.89. The molecule has 0 aliphatic carbocycles. The second kappa shape index (κ2) is 9.48. The van der Waals surface area contributed by atoms with E-state index in [0.29, 0.717) is 0 Å². The molecule has 30 heavy (non-hydrogen) atoms. The summed E-state index contributed by atoms with van der Waals surface area (Å²) in [5, 5.41) is 2.45. The predicted molar refractivity (Wildman–Crippen MR) is 107 cm³/mol. The van der Waals surface area contributed by atoms with Gasteiger partial charge < -0.3 is 10.1 Å². The normalized spacial score (nSPS) is 12.1. The smallest absolute Gasteiger partial charge is 0.416 e. The molecule has 0 aliphatic rings. The first-order valence-corrected chi connectivity index (χ1v) is 10.7. The Morgan fingerprint density at radius 3 is 2.30 bits per heavy atom. The van der Waals surface area contributed by atoms with Gasteiger partial charge >= 0.3 is 6.18 Å². The minimum Gasteiger partial charge on any atom is -0.492 e. The van der Waals surface area contributed by atoms with Crippen LogP contribution in [0.1, 0.15) is 36.7 Å². The highest BCUT2D eigenvalue weighted by atomic mass is 32.2. The standard InChI is InChI=1S/C20H23F3N2O4S/c1-4-25(5-2)30(27,28)18-13-16(10-11-17(18)29-6-3)24-19(26)14-8-7-9-15(12-14)20(21,22)23/h7-13H,4-6H2,1-3H3,(H,24,26). The minimum absolute atomic E-state index is 0.117. The van der Waals surface area contributed by atoms with Crippen molar-refractivity contribution in [1.29, 1.82) is 0 Å². The molecule has 0 aliphatic heterocycles. The number of nitrogens with one attached hydrogen (secondary N) is 1. The lowest BCUT2D eigenvalue weighted by molar-refractivity contribution is -0.137. The minimum atomic E-state index is -4.58. The third-order valence-electron chi connectivity index (χ3n) is 4.28. The second-order valence-electron chi connectivity index (χ2n) is 6.22. The Bertz CT molecular complexity index is 1000. The van der Waals surface area contributed by atoms with Crippen LogP contribution in [0.2, 0.25) is 0 Å². The third kappa shape index (κ3) is 5.31. The maximum absolute atomic E-state index is 13.0. The number of ether oxygens (including phenoxy) is 1. The van der Waals surface area contributed by atoms with Crippen molar-refractivity contribution in [2.24, 2.45) is 0 Å². The van der Waals surface area contributed by atoms with Crippen LogP contribution in [0.3, 0.4) is 0 Å². The molecule has 0 spiro atoms. The summed E-state index contributed by atoms with van der Waals surface area (Å²) in [7, 11) is -3.89. The molecule has 0 unspecified atom stereocenters. The van der Waals surface area contributed by atoms with E-state index in [1.807, 2.05) is 0 Å². The molecular weight excluding hydrogens is 421 g/mol. The molecule has 2 aromatic carbocycles. The molecule has 10 heteroatoms. The van der Waals surface area contributed by atoms with E-state index in [4.69, 9.17) is 4.74 Å². The first-order valence-electron chi connectivity index (χ1n) is 9.30. The van der Waals surface area contributed by atoms with Crippen LogP contribution >= 0.6 is 0 Å². The molecule has 164 valence electrons. The van der Waals surface area contributed by atoms with Crippen LogP contribution < -0.4 is 10.1 Å². The quantitative estimate of drug-likeness (QED) is 0.655. The van der Waals surface area contributed by atoms with Gasteiger partial charge in [-0.3, -0.25) is 4.79 Å². The summed E-state index contributed by atoms with van der Waals surface area (Å²) in [6, 6.07) is 8.04. The molecule has 0 saturated heterocycles. The van der Waals surface area contributed by atoms with Crippen LogP contribution in [0, 0.1) is 0 Å². The van der Waals surface area contributed by atoms with E-state index in [9.17, 15) is 26.4 Å². The second-order valence-corrected chi connectivity index (χ2v) is 8.12. The molecule has 0 bridgehead atoms. The number of halogens is 3. The van der Waals surface area contributed by atoms with Gasteiger partial charge in [0, 0.05) is 24.3 Å². The summed E-state index contributed by atoms with van der Waals surface area (Å²) in [6.07, 6.45) is -4.58. The number of alkyl halides is 3. The van der Waals surface area contributed by atoms with Gasteiger partial charge in [-0.1, -0.05) is 19.9 Å².